The Labute approximate surface area is 108 Å². The summed E-state index contributed by atoms with van der Waals surface area (Å²) in [6, 6.07) is 0. The van der Waals surface area contributed by atoms with Crippen LogP contribution >= 0.6 is 7.60 Å². The van der Waals surface area contributed by atoms with Crippen LogP contribution in [0.5, 0.6) is 0 Å². The summed E-state index contributed by atoms with van der Waals surface area (Å²) in [7, 11) is -3.24. The summed E-state index contributed by atoms with van der Waals surface area (Å²) >= 11 is 0. The summed E-state index contributed by atoms with van der Waals surface area (Å²) in [5.41, 5.74) is 0.163. The van der Waals surface area contributed by atoms with Gasteiger partial charge in [0.15, 0.2) is 0 Å². The standard InChI is InChI=1S/C11H21O6P/c1-5-15-11(12)10(4)8-14-9-18(13,16-6-2)17-7-3/h4-9H2,1-3H3. The lowest BCUT2D eigenvalue weighted by Crippen LogP contribution is -2.13. The second kappa shape index (κ2) is 9.28. The summed E-state index contributed by atoms with van der Waals surface area (Å²) in [5.74, 6) is -0.528. The fourth-order valence-corrected chi connectivity index (χ4v) is 2.40. The first-order chi connectivity index (χ1) is 8.49. The Morgan fingerprint density at radius 2 is 1.67 bits per heavy atom. The van der Waals surface area contributed by atoms with Gasteiger partial charge in [0.25, 0.3) is 0 Å². The van der Waals surface area contributed by atoms with E-state index >= 15 is 0 Å². The van der Waals surface area contributed by atoms with Crippen LogP contribution < -0.4 is 0 Å². The van der Waals surface area contributed by atoms with Gasteiger partial charge in [0.2, 0.25) is 0 Å². The van der Waals surface area contributed by atoms with Gasteiger partial charge in [0, 0.05) is 0 Å². The van der Waals surface area contributed by atoms with Crippen LogP contribution in [-0.4, -0.2) is 38.7 Å². The molecular weight excluding hydrogens is 259 g/mol. The summed E-state index contributed by atoms with van der Waals surface area (Å²) in [4.78, 5) is 11.2. The number of esters is 1. The molecule has 0 fully saturated rings. The first-order valence-electron chi connectivity index (χ1n) is 5.79. The van der Waals surface area contributed by atoms with Crippen molar-refractivity contribution in [3.63, 3.8) is 0 Å². The van der Waals surface area contributed by atoms with Crippen LogP contribution in [0.3, 0.4) is 0 Å². The number of hydrogen-bond donors (Lipinski definition) is 0. The van der Waals surface area contributed by atoms with E-state index in [0.29, 0.717) is 0 Å². The van der Waals surface area contributed by atoms with Crippen molar-refractivity contribution in [2.75, 3.05) is 32.8 Å². The first-order valence-corrected chi connectivity index (χ1v) is 7.52. The molecule has 0 unspecified atom stereocenters. The maximum Gasteiger partial charge on any atom is 0.356 e. The van der Waals surface area contributed by atoms with Crippen LogP contribution in [0.1, 0.15) is 20.8 Å². The molecule has 0 saturated carbocycles. The summed E-state index contributed by atoms with van der Waals surface area (Å²) in [5, 5.41) is 0. The number of hydrogen-bond acceptors (Lipinski definition) is 6. The van der Waals surface area contributed by atoms with Crippen LogP contribution in [0.2, 0.25) is 0 Å². The molecule has 0 amide bonds. The highest BCUT2D eigenvalue weighted by molar-refractivity contribution is 7.53. The fraction of sp³-hybridized carbons (Fsp3) is 0.727. The minimum Gasteiger partial charge on any atom is -0.463 e. The third-order valence-electron chi connectivity index (χ3n) is 1.74. The predicted octanol–water partition coefficient (Wildman–Crippen LogP) is 2.35. The van der Waals surface area contributed by atoms with Gasteiger partial charge in [-0.15, -0.1) is 0 Å². The van der Waals surface area contributed by atoms with E-state index in [1.165, 1.54) is 0 Å². The first kappa shape index (κ1) is 17.3. The molecule has 0 aromatic carbocycles. The van der Waals surface area contributed by atoms with E-state index in [9.17, 15) is 9.36 Å². The van der Waals surface area contributed by atoms with E-state index in [2.05, 4.69) is 6.58 Å². The van der Waals surface area contributed by atoms with Gasteiger partial charge < -0.3 is 18.5 Å². The molecule has 106 valence electrons. The molecule has 0 aliphatic heterocycles. The molecule has 6 nitrogen and oxygen atoms in total. The van der Waals surface area contributed by atoms with Crippen molar-refractivity contribution in [1.82, 2.24) is 0 Å². The average molecular weight is 280 g/mol. The van der Waals surface area contributed by atoms with E-state index in [-0.39, 0.29) is 38.3 Å². The van der Waals surface area contributed by atoms with Crippen molar-refractivity contribution in [1.29, 1.82) is 0 Å². The summed E-state index contributed by atoms with van der Waals surface area (Å²) in [6.45, 7) is 9.37. The highest BCUT2D eigenvalue weighted by atomic mass is 31.2. The van der Waals surface area contributed by atoms with E-state index in [1.807, 2.05) is 0 Å². The van der Waals surface area contributed by atoms with Gasteiger partial charge in [-0.05, 0) is 20.8 Å². The third kappa shape index (κ3) is 6.91. The maximum atomic E-state index is 12.0. The molecule has 0 radical (unpaired) electrons. The molecule has 0 saturated heterocycles. The Hall–Kier alpha value is -0.680. The Bertz CT molecular complexity index is 305. The normalized spacial score (nSPS) is 11.3. The van der Waals surface area contributed by atoms with E-state index in [0.717, 1.165) is 0 Å². The minimum atomic E-state index is -3.24. The van der Waals surface area contributed by atoms with Gasteiger partial charge in [-0.1, -0.05) is 6.58 Å². The number of rotatable bonds is 10. The summed E-state index contributed by atoms with van der Waals surface area (Å²) < 4.78 is 31.9. The van der Waals surface area contributed by atoms with Gasteiger partial charge >= 0.3 is 13.6 Å². The molecule has 0 heterocycles. The van der Waals surface area contributed by atoms with E-state index in [4.69, 9.17) is 18.5 Å². The zero-order valence-corrected chi connectivity index (χ0v) is 12.0. The lowest BCUT2D eigenvalue weighted by Gasteiger charge is -2.17. The number of carbonyl (C=O) groups is 1. The van der Waals surface area contributed by atoms with Crippen LogP contribution in [0.15, 0.2) is 12.2 Å². The Kier molecular flexibility index (Phi) is 8.93. The second-order valence-electron chi connectivity index (χ2n) is 3.25. The largest absolute Gasteiger partial charge is 0.463 e. The molecule has 0 N–H and O–H groups in total. The topological polar surface area (TPSA) is 71.1 Å². The van der Waals surface area contributed by atoms with Gasteiger partial charge in [-0.2, -0.15) is 0 Å². The van der Waals surface area contributed by atoms with E-state index < -0.39 is 13.6 Å². The van der Waals surface area contributed by atoms with Crippen molar-refractivity contribution in [2.24, 2.45) is 0 Å². The molecule has 0 aliphatic carbocycles. The van der Waals surface area contributed by atoms with Crippen LogP contribution in [0.4, 0.5) is 0 Å². The van der Waals surface area contributed by atoms with Crippen molar-refractivity contribution in [3.05, 3.63) is 12.2 Å². The minimum absolute atomic E-state index is 0.0665. The SMILES string of the molecule is C=C(COCP(=O)(OCC)OCC)C(=O)OCC. The van der Waals surface area contributed by atoms with Crippen LogP contribution in [0, 0.1) is 0 Å². The number of carbonyl (C=O) groups excluding carboxylic acids is 1. The van der Waals surface area contributed by atoms with Gasteiger partial charge in [0.1, 0.15) is 6.35 Å². The zero-order valence-electron chi connectivity index (χ0n) is 11.1. The predicted molar refractivity (Wildman–Crippen MR) is 67.5 cm³/mol. The van der Waals surface area contributed by atoms with Crippen LogP contribution in [0.25, 0.3) is 0 Å². The highest BCUT2D eigenvalue weighted by Gasteiger charge is 2.24. The Morgan fingerprint density at radius 3 is 2.11 bits per heavy atom. The lowest BCUT2D eigenvalue weighted by molar-refractivity contribution is -0.139. The van der Waals surface area contributed by atoms with E-state index in [1.54, 1.807) is 20.8 Å². The summed E-state index contributed by atoms with van der Waals surface area (Å²) in [6.07, 6.45) is -0.215. The van der Waals surface area contributed by atoms with Crippen molar-refractivity contribution in [3.8, 4) is 0 Å². The van der Waals surface area contributed by atoms with Crippen molar-refractivity contribution < 1.29 is 27.9 Å². The molecule has 0 atom stereocenters. The molecule has 0 spiro atoms. The molecule has 0 aromatic heterocycles. The quantitative estimate of drug-likeness (QED) is 0.347. The molecular formula is C11H21O6P. The molecule has 0 rings (SSSR count). The third-order valence-corrected chi connectivity index (χ3v) is 3.54. The average Bonchev–Trinajstić information content (AvgIpc) is 2.29. The molecule has 0 aliphatic rings. The molecule has 0 bridgehead atoms. The highest BCUT2D eigenvalue weighted by Crippen LogP contribution is 2.47. The second-order valence-corrected chi connectivity index (χ2v) is 5.24. The van der Waals surface area contributed by atoms with Gasteiger partial charge in [-0.3, -0.25) is 4.57 Å². The molecule has 7 heteroatoms. The van der Waals surface area contributed by atoms with Crippen molar-refractivity contribution >= 4 is 13.6 Å². The monoisotopic (exact) mass is 280 g/mol. The lowest BCUT2D eigenvalue weighted by atomic mass is 10.3. The zero-order chi connectivity index (χ0) is 14.0. The van der Waals surface area contributed by atoms with Crippen LogP contribution in [-0.2, 0) is 27.9 Å². The fourth-order valence-electron chi connectivity index (χ4n) is 1.08. The molecule has 0 aromatic rings. The number of ether oxygens (including phenoxy) is 2. The van der Waals surface area contributed by atoms with Gasteiger partial charge in [-0.25, -0.2) is 4.79 Å². The maximum absolute atomic E-state index is 12.0. The smallest absolute Gasteiger partial charge is 0.356 e. The Morgan fingerprint density at radius 1 is 1.11 bits per heavy atom. The van der Waals surface area contributed by atoms with Gasteiger partial charge in [0.05, 0.1) is 32.0 Å². The Balaban J connectivity index is 4.10. The van der Waals surface area contributed by atoms with Crippen molar-refractivity contribution in [2.45, 2.75) is 20.8 Å². The molecule has 18 heavy (non-hydrogen) atoms.